The highest BCUT2D eigenvalue weighted by Crippen LogP contribution is 2.16. The lowest BCUT2D eigenvalue weighted by atomic mass is 10.2. The van der Waals surface area contributed by atoms with Gasteiger partial charge in [-0.05, 0) is 52.9 Å². The summed E-state index contributed by atoms with van der Waals surface area (Å²) in [6.45, 7) is 0. The number of phenolic OH excluding ortho intramolecular Hbond substituents is 1. The summed E-state index contributed by atoms with van der Waals surface area (Å²) in [7, 11) is 0. The molecule has 0 atom stereocenters. The van der Waals surface area contributed by atoms with Crippen LogP contribution in [0.1, 0.15) is 10.4 Å². The van der Waals surface area contributed by atoms with Crippen LogP contribution in [0, 0.1) is 3.57 Å². The Balaban J connectivity index is 2.17. The van der Waals surface area contributed by atoms with E-state index in [1.807, 2.05) is 12.1 Å². The Morgan fingerprint density at radius 3 is 2.59 bits per heavy atom. The molecule has 86 valence electrons. The standard InChI is InChI=1S/C13H10INO2/c14-10-4-1-3-9(7-10)13(17)15-11-5-2-6-12(16)8-11/h1-8,16H,(H,15,17). The Morgan fingerprint density at radius 1 is 1.12 bits per heavy atom. The first kappa shape index (κ1) is 11.9. The van der Waals surface area contributed by atoms with Gasteiger partial charge in [-0.3, -0.25) is 4.79 Å². The van der Waals surface area contributed by atoms with Crippen molar-refractivity contribution in [2.45, 2.75) is 0 Å². The van der Waals surface area contributed by atoms with Gasteiger partial charge in [-0.1, -0.05) is 12.1 Å². The van der Waals surface area contributed by atoms with Crippen molar-refractivity contribution in [1.29, 1.82) is 0 Å². The molecule has 0 saturated carbocycles. The second-order valence-corrected chi connectivity index (χ2v) is 4.76. The first-order chi connectivity index (χ1) is 8.15. The number of nitrogens with one attached hydrogen (secondary N) is 1. The van der Waals surface area contributed by atoms with Crippen molar-refractivity contribution >= 4 is 34.2 Å². The zero-order chi connectivity index (χ0) is 12.3. The van der Waals surface area contributed by atoms with Gasteiger partial charge in [0.25, 0.3) is 5.91 Å². The van der Waals surface area contributed by atoms with Gasteiger partial charge >= 0.3 is 0 Å². The molecule has 0 spiro atoms. The fourth-order valence-electron chi connectivity index (χ4n) is 1.42. The lowest BCUT2D eigenvalue weighted by molar-refractivity contribution is 0.102. The highest BCUT2D eigenvalue weighted by molar-refractivity contribution is 14.1. The van der Waals surface area contributed by atoms with Crippen LogP contribution in [0.2, 0.25) is 0 Å². The molecule has 2 N–H and O–H groups in total. The van der Waals surface area contributed by atoms with Crippen LogP contribution < -0.4 is 5.32 Å². The summed E-state index contributed by atoms with van der Waals surface area (Å²) >= 11 is 2.16. The topological polar surface area (TPSA) is 49.3 Å². The Labute approximate surface area is 113 Å². The van der Waals surface area contributed by atoms with E-state index in [4.69, 9.17) is 0 Å². The minimum atomic E-state index is -0.186. The van der Waals surface area contributed by atoms with E-state index in [2.05, 4.69) is 27.9 Å². The molecule has 0 aromatic heterocycles. The minimum Gasteiger partial charge on any atom is -0.508 e. The minimum absolute atomic E-state index is 0.130. The number of hydrogen-bond donors (Lipinski definition) is 2. The van der Waals surface area contributed by atoms with Gasteiger partial charge in [0.1, 0.15) is 5.75 Å². The van der Waals surface area contributed by atoms with E-state index in [-0.39, 0.29) is 11.7 Å². The summed E-state index contributed by atoms with van der Waals surface area (Å²) in [5, 5.41) is 12.0. The van der Waals surface area contributed by atoms with Crippen LogP contribution in [-0.4, -0.2) is 11.0 Å². The number of carbonyl (C=O) groups excluding carboxylic acids is 1. The fourth-order valence-corrected chi connectivity index (χ4v) is 1.96. The predicted octanol–water partition coefficient (Wildman–Crippen LogP) is 3.25. The van der Waals surface area contributed by atoms with Gasteiger partial charge in [0.15, 0.2) is 0 Å². The van der Waals surface area contributed by atoms with Gasteiger partial charge in [-0.15, -0.1) is 0 Å². The maximum Gasteiger partial charge on any atom is 0.255 e. The van der Waals surface area contributed by atoms with Crippen LogP contribution >= 0.6 is 22.6 Å². The number of anilines is 1. The van der Waals surface area contributed by atoms with Gasteiger partial charge in [0.05, 0.1) is 0 Å². The van der Waals surface area contributed by atoms with E-state index in [0.717, 1.165) is 3.57 Å². The Kier molecular flexibility index (Phi) is 3.63. The van der Waals surface area contributed by atoms with Crippen LogP contribution in [0.15, 0.2) is 48.5 Å². The molecule has 2 aromatic rings. The monoisotopic (exact) mass is 339 g/mol. The summed E-state index contributed by atoms with van der Waals surface area (Å²) in [5.74, 6) is -0.0560. The molecule has 17 heavy (non-hydrogen) atoms. The van der Waals surface area contributed by atoms with Gasteiger partial charge in [0, 0.05) is 20.9 Å². The summed E-state index contributed by atoms with van der Waals surface area (Å²) in [5.41, 5.74) is 1.18. The zero-order valence-electron chi connectivity index (χ0n) is 8.85. The molecule has 1 amide bonds. The van der Waals surface area contributed by atoms with E-state index in [9.17, 15) is 9.90 Å². The maximum absolute atomic E-state index is 11.9. The Morgan fingerprint density at radius 2 is 1.88 bits per heavy atom. The molecule has 2 rings (SSSR count). The van der Waals surface area contributed by atoms with E-state index in [0.29, 0.717) is 11.3 Å². The highest BCUT2D eigenvalue weighted by Gasteiger charge is 2.06. The quantitative estimate of drug-likeness (QED) is 0.826. The fraction of sp³-hybridized carbons (Fsp3) is 0. The van der Waals surface area contributed by atoms with Crippen molar-refractivity contribution in [3.8, 4) is 5.75 Å². The lowest BCUT2D eigenvalue weighted by Gasteiger charge is -2.05. The SMILES string of the molecule is O=C(Nc1cccc(O)c1)c1cccc(I)c1. The van der Waals surface area contributed by atoms with Crippen molar-refractivity contribution in [2.24, 2.45) is 0 Å². The Hall–Kier alpha value is -1.56. The lowest BCUT2D eigenvalue weighted by Crippen LogP contribution is -2.11. The Bertz CT molecular complexity index is 555. The third-order valence-corrected chi connectivity index (χ3v) is 2.86. The first-order valence-corrected chi connectivity index (χ1v) is 6.09. The van der Waals surface area contributed by atoms with Crippen LogP contribution in [0.4, 0.5) is 5.69 Å². The number of hydrogen-bond acceptors (Lipinski definition) is 2. The second-order valence-electron chi connectivity index (χ2n) is 3.51. The summed E-state index contributed by atoms with van der Waals surface area (Å²) in [6, 6.07) is 13.8. The summed E-state index contributed by atoms with van der Waals surface area (Å²) in [4.78, 5) is 11.9. The van der Waals surface area contributed by atoms with E-state index >= 15 is 0 Å². The average molecular weight is 339 g/mol. The third-order valence-electron chi connectivity index (χ3n) is 2.19. The molecule has 2 aromatic carbocycles. The summed E-state index contributed by atoms with van der Waals surface area (Å²) < 4.78 is 1.01. The molecule has 0 aliphatic carbocycles. The number of rotatable bonds is 2. The number of carbonyl (C=O) groups is 1. The molecule has 0 fully saturated rings. The average Bonchev–Trinajstić information content (AvgIpc) is 2.29. The summed E-state index contributed by atoms with van der Waals surface area (Å²) in [6.07, 6.45) is 0. The number of halogens is 1. The molecule has 4 heteroatoms. The first-order valence-electron chi connectivity index (χ1n) is 5.01. The van der Waals surface area contributed by atoms with Crippen molar-refractivity contribution in [3.63, 3.8) is 0 Å². The van der Waals surface area contributed by atoms with Gasteiger partial charge in [-0.2, -0.15) is 0 Å². The normalized spacial score (nSPS) is 9.94. The number of phenols is 1. The van der Waals surface area contributed by atoms with Gasteiger partial charge in [-0.25, -0.2) is 0 Å². The molecular weight excluding hydrogens is 329 g/mol. The van der Waals surface area contributed by atoms with Crippen molar-refractivity contribution in [3.05, 3.63) is 57.7 Å². The second kappa shape index (κ2) is 5.18. The highest BCUT2D eigenvalue weighted by atomic mass is 127. The van der Waals surface area contributed by atoms with Crippen molar-refractivity contribution < 1.29 is 9.90 Å². The van der Waals surface area contributed by atoms with Gasteiger partial charge < -0.3 is 10.4 Å². The number of amides is 1. The van der Waals surface area contributed by atoms with E-state index < -0.39 is 0 Å². The molecule has 0 heterocycles. The third kappa shape index (κ3) is 3.20. The van der Waals surface area contributed by atoms with Gasteiger partial charge in [0.2, 0.25) is 0 Å². The van der Waals surface area contributed by atoms with E-state index in [1.54, 1.807) is 30.3 Å². The van der Waals surface area contributed by atoms with Crippen LogP contribution in [0.25, 0.3) is 0 Å². The van der Waals surface area contributed by atoms with Crippen LogP contribution in [0.3, 0.4) is 0 Å². The van der Waals surface area contributed by atoms with Crippen LogP contribution in [-0.2, 0) is 0 Å². The van der Waals surface area contributed by atoms with Crippen molar-refractivity contribution in [2.75, 3.05) is 5.32 Å². The molecule has 0 bridgehead atoms. The van der Waals surface area contributed by atoms with Crippen molar-refractivity contribution in [1.82, 2.24) is 0 Å². The number of benzene rings is 2. The van der Waals surface area contributed by atoms with Crippen LogP contribution in [0.5, 0.6) is 5.75 Å². The molecule has 3 nitrogen and oxygen atoms in total. The van der Waals surface area contributed by atoms with E-state index in [1.165, 1.54) is 6.07 Å². The maximum atomic E-state index is 11.9. The largest absolute Gasteiger partial charge is 0.508 e. The molecule has 0 aliphatic heterocycles. The molecule has 0 saturated heterocycles. The zero-order valence-corrected chi connectivity index (χ0v) is 11.0. The number of aromatic hydroxyl groups is 1. The molecular formula is C13H10INO2. The molecule has 0 radical (unpaired) electrons. The smallest absolute Gasteiger partial charge is 0.255 e. The predicted molar refractivity (Wildman–Crippen MR) is 75.2 cm³/mol. The molecule has 0 aliphatic rings. The molecule has 0 unspecified atom stereocenters.